The number of benzene rings is 1. The molecule has 104 valence electrons. The molecule has 1 aromatic rings. The zero-order valence-corrected chi connectivity index (χ0v) is 12.8. The highest BCUT2D eigenvalue weighted by Crippen LogP contribution is 2.51. The van der Waals surface area contributed by atoms with Crippen LogP contribution >= 0.6 is 0 Å². The molecular weight excluding hydrogens is 236 g/mol. The maximum Gasteiger partial charge on any atom is 0.154 e. The van der Waals surface area contributed by atoms with E-state index < -0.39 is 0 Å². The van der Waals surface area contributed by atoms with Crippen LogP contribution in [0.15, 0.2) is 0 Å². The van der Waals surface area contributed by atoms with Gasteiger partial charge in [-0.15, -0.1) is 0 Å². The Labute approximate surface area is 115 Å². The zero-order valence-electron chi connectivity index (χ0n) is 12.8. The Kier molecular flexibility index (Phi) is 3.04. The molecule has 2 heteroatoms. The van der Waals surface area contributed by atoms with Crippen molar-refractivity contribution in [2.75, 3.05) is 0 Å². The average Bonchev–Trinajstić information content (AvgIpc) is 2.30. The molecule has 0 saturated carbocycles. The molecule has 0 aliphatic heterocycles. The minimum Gasteiger partial charge on any atom is -0.507 e. The fraction of sp³-hybridized carbons (Fsp3) is 0.588. The van der Waals surface area contributed by atoms with Crippen LogP contribution in [-0.4, -0.2) is 11.4 Å². The molecule has 0 atom stereocenters. The average molecular weight is 260 g/mol. The van der Waals surface area contributed by atoms with Crippen molar-refractivity contribution < 1.29 is 9.90 Å². The number of fused-ring (bicyclic) bond motifs is 1. The predicted molar refractivity (Wildman–Crippen MR) is 78.3 cm³/mol. The van der Waals surface area contributed by atoms with Gasteiger partial charge in [-0.2, -0.15) is 0 Å². The summed E-state index contributed by atoms with van der Waals surface area (Å²) in [7, 11) is 0. The first-order valence-corrected chi connectivity index (χ1v) is 6.96. The topological polar surface area (TPSA) is 37.3 Å². The van der Waals surface area contributed by atoms with Crippen LogP contribution in [0.25, 0.3) is 0 Å². The third-order valence-electron chi connectivity index (χ3n) is 4.93. The fourth-order valence-corrected chi connectivity index (χ4v) is 3.53. The van der Waals surface area contributed by atoms with Crippen LogP contribution in [0.2, 0.25) is 0 Å². The molecule has 0 fully saturated rings. The van der Waals surface area contributed by atoms with E-state index >= 15 is 0 Å². The van der Waals surface area contributed by atoms with E-state index in [2.05, 4.69) is 34.6 Å². The van der Waals surface area contributed by atoms with Gasteiger partial charge in [-0.25, -0.2) is 0 Å². The molecule has 19 heavy (non-hydrogen) atoms. The molecule has 0 heterocycles. The van der Waals surface area contributed by atoms with Crippen LogP contribution in [0.1, 0.15) is 73.1 Å². The Bertz CT molecular complexity index is 551. The van der Waals surface area contributed by atoms with Gasteiger partial charge in [0.05, 0.1) is 5.56 Å². The SMILES string of the molecule is Cc1c(C)c2c(c(O)c1C=O)C(C)(C)CCC2(C)C. The lowest BCUT2D eigenvalue weighted by Gasteiger charge is -2.43. The monoisotopic (exact) mass is 260 g/mol. The second-order valence-electron chi connectivity index (χ2n) is 7.15. The first-order valence-electron chi connectivity index (χ1n) is 6.96. The lowest BCUT2D eigenvalue weighted by Crippen LogP contribution is -2.35. The largest absolute Gasteiger partial charge is 0.507 e. The molecule has 0 bridgehead atoms. The molecule has 0 saturated heterocycles. The molecule has 0 unspecified atom stereocenters. The van der Waals surface area contributed by atoms with Gasteiger partial charge in [-0.1, -0.05) is 27.7 Å². The number of carbonyl (C=O) groups is 1. The third kappa shape index (κ3) is 1.89. The van der Waals surface area contributed by atoms with Crippen molar-refractivity contribution in [2.45, 2.75) is 65.2 Å². The van der Waals surface area contributed by atoms with Gasteiger partial charge in [0.25, 0.3) is 0 Å². The number of carbonyl (C=O) groups excluding carboxylic acids is 1. The van der Waals surface area contributed by atoms with E-state index in [-0.39, 0.29) is 16.6 Å². The number of aldehydes is 1. The van der Waals surface area contributed by atoms with E-state index in [1.807, 2.05) is 6.92 Å². The first kappa shape index (κ1) is 14.1. The summed E-state index contributed by atoms with van der Waals surface area (Å²) in [6.45, 7) is 12.8. The number of phenols is 1. The van der Waals surface area contributed by atoms with E-state index in [0.717, 1.165) is 35.8 Å². The first-order chi connectivity index (χ1) is 8.63. The molecule has 0 aromatic heterocycles. The number of phenolic OH excluding ortho intramolecular Hbond substituents is 1. The van der Waals surface area contributed by atoms with Gasteiger partial charge in [-0.05, 0) is 54.2 Å². The standard InChI is InChI=1S/C17H24O2/c1-10-11(2)13-14(15(19)12(10)9-18)17(5,6)8-7-16(13,3)4/h9,19H,7-8H2,1-6H3. The molecule has 1 aliphatic carbocycles. The molecule has 1 N–H and O–H groups in total. The zero-order chi connectivity index (χ0) is 14.6. The van der Waals surface area contributed by atoms with Gasteiger partial charge in [0.15, 0.2) is 6.29 Å². The summed E-state index contributed by atoms with van der Waals surface area (Å²) in [6, 6.07) is 0. The maximum atomic E-state index is 11.3. The Balaban J connectivity index is 2.95. The Hall–Kier alpha value is -1.31. The molecular formula is C17H24O2. The van der Waals surface area contributed by atoms with Crippen LogP contribution in [0.4, 0.5) is 0 Å². The van der Waals surface area contributed by atoms with Crippen molar-refractivity contribution >= 4 is 6.29 Å². The van der Waals surface area contributed by atoms with Gasteiger partial charge in [0.2, 0.25) is 0 Å². The molecule has 2 rings (SSSR count). The van der Waals surface area contributed by atoms with Crippen molar-refractivity contribution in [1.82, 2.24) is 0 Å². The van der Waals surface area contributed by atoms with Crippen LogP contribution in [0.3, 0.4) is 0 Å². The Morgan fingerprint density at radius 2 is 1.42 bits per heavy atom. The second kappa shape index (κ2) is 4.09. The number of hydrogen-bond acceptors (Lipinski definition) is 2. The number of hydrogen-bond donors (Lipinski definition) is 1. The van der Waals surface area contributed by atoms with Gasteiger partial charge >= 0.3 is 0 Å². The summed E-state index contributed by atoms with van der Waals surface area (Å²) >= 11 is 0. The third-order valence-corrected chi connectivity index (χ3v) is 4.93. The molecule has 0 amide bonds. The highest BCUT2D eigenvalue weighted by Gasteiger charge is 2.41. The molecule has 0 radical (unpaired) electrons. The minimum absolute atomic E-state index is 0.0542. The minimum atomic E-state index is -0.0782. The summed E-state index contributed by atoms with van der Waals surface area (Å²) in [5, 5.41) is 10.6. The molecule has 0 spiro atoms. The summed E-state index contributed by atoms with van der Waals surface area (Å²) in [5.41, 5.74) is 4.73. The fourth-order valence-electron chi connectivity index (χ4n) is 3.53. The normalized spacial score (nSPS) is 19.9. The predicted octanol–water partition coefficient (Wildman–Crippen LogP) is 4.17. The summed E-state index contributed by atoms with van der Waals surface area (Å²) in [6.07, 6.45) is 2.92. The van der Waals surface area contributed by atoms with Crippen molar-refractivity contribution in [3.05, 3.63) is 27.8 Å². The second-order valence-corrected chi connectivity index (χ2v) is 7.15. The van der Waals surface area contributed by atoms with Gasteiger partial charge in [0, 0.05) is 5.56 Å². The summed E-state index contributed by atoms with van der Waals surface area (Å²) in [5.74, 6) is 0.200. The quantitative estimate of drug-likeness (QED) is 0.769. The molecule has 1 aliphatic rings. The summed E-state index contributed by atoms with van der Waals surface area (Å²) in [4.78, 5) is 11.3. The van der Waals surface area contributed by atoms with Gasteiger partial charge < -0.3 is 5.11 Å². The van der Waals surface area contributed by atoms with E-state index in [1.165, 1.54) is 5.56 Å². The summed E-state index contributed by atoms with van der Waals surface area (Å²) < 4.78 is 0. The lowest BCUT2D eigenvalue weighted by atomic mass is 9.61. The smallest absolute Gasteiger partial charge is 0.154 e. The van der Waals surface area contributed by atoms with Gasteiger partial charge in [-0.3, -0.25) is 4.79 Å². The van der Waals surface area contributed by atoms with E-state index in [1.54, 1.807) is 0 Å². The van der Waals surface area contributed by atoms with Crippen LogP contribution in [-0.2, 0) is 10.8 Å². The van der Waals surface area contributed by atoms with E-state index in [9.17, 15) is 9.90 Å². The van der Waals surface area contributed by atoms with Crippen LogP contribution < -0.4 is 0 Å². The highest BCUT2D eigenvalue weighted by molar-refractivity contribution is 5.84. The maximum absolute atomic E-state index is 11.3. The number of aromatic hydroxyl groups is 1. The van der Waals surface area contributed by atoms with E-state index in [0.29, 0.717) is 5.56 Å². The van der Waals surface area contributed by atoms with Crippen molar-refractivity contribution in [2.24, 2.45) is 0 Å². The van der Waals surface area contributed by atoms with Crippen LogP contribution in [0.5, 0.6) is 5.75 Å². The van der Waals surface area contributed by atoms with Crippen molar-refractivity contribution in [3.8, 4) is 5.75 Å². The van der Waals surface area contributed by atoms with Gasteiger partial charge in [0.1, 0.15) is 5.75 Å². The molecule has 2 nitrogen and oxygen atoms in total. The van der Waals surface area contributed by atoms with Crippen molar-refractivity contribution in [3.63, 3.8) is 0 Å². The number of rotatable bonds is 1. The van der Waals surface area contributed by atoms with Crippen molar-refractivity contribution in [1.29, 1.82) is 0 Å². The highest BCUT2D eigenvalue weighted by atomic mass is 16.3. The van der Waals surface area contributed by atoms with E-state index in [4.69, 9.17) is 0 Å². The lowest BCUT2D eigenvalue weighted by molar-refractivity contribution is 0.111. The Morgan fingerprint density at radius 1 is 0.947 bits per heavy atom. The Morgan fingerprint density at radius 3 is 1.89 bits per heavy atom. The molecule has 1 aromatic carbocycles. The van der Waals surface area contributed by atoms with Crippen LogP contribution in [0, 0.1) is 13.8 Å².